The average molecular weight is 422 g/mol. The fourth-order valence-corrected chi connectivity index (χ4v) is 3.28. The van der Waals surface area contributed by atoms with E-state index >= 15 is 0 Å². The van der Waals surface area contributed by atoms with Gasteiger partial charge in [-0.3, -0.25) is 14.4 Å². The SMILES string of the molecule is NC(N)=NCCCC(N)C(=O)NC1C(CO)OC(n2cnc3c(N)ncnc32)C1O. The van der Waals surface area contributed by atoms with Crippen LogP contribution in [0.3, 0.4) is 0 Å². The molecular formula is C16H26N10O4. The Hall–Kier alpha value is -3.07. The van der Waals surface area contributed by atoms with Crippen LogP contribution in [0.15, 0.2) is 17.6 Å². The highest BCUT2D eigenvalue weighted by molar-refractivity contribution is 5.82. The van der Waals surface area contributed by atoms with Crippen LogP contribution in [-0.4, -0.2) is 79.0 Å². The molecule has 0 radical (unpaired) electrons. The number of amides is 1. The Morgan fingerprint density at radius 1 is 1.37 bits per heavy atom. The second kappa shape index (κ2) is 9.17. The third kappa shape index (κ3) is 4.40. The zero-order valence-corrected chi connectivity index (χ0v) is 16.1. The summed E-state index contributed by atoms with van der Waals surface area (Å²) < 4.78 is 7.23. The van der Waals surface area contributed by atoms with Crippen molar-refractivity contribution in [3.05, 3.63) is 12.7 Å². The minimum Gasteiger partial charge on any atom is -0.394 e. The molecule has 0 aliphatic carbocycles. The standard InChI is InChI=1S/C16H26N10O4/c17-7(2-1-3-21-16(19)20)14(29)25-9-8(4-27)30-15(11(9)28)26-6-24-10-12(18)22-5-23-13(10)26/h5-9,11,15,27-28H,1-4,17H2,(H,25,29)(H2,18,22,23)(H4,19,20,21). The number of anilines is 1. The van der Waals surface area contributed by atoms with Crippen LogP contribution >= 0.6 is 0 Å². The predicted octanol–water partition coefficient (Wildman–Crippen LogP) is -3.48. The summed E-state index contributed by atoms with van der Waals surface area (Å²) >= 11 is 0. The van der Waals surface area contributed by atoms with Crippen molar-refractivity contribution >= 4 is 28.8 Å². The van der Waals surface area contributed by atoms with Gasteiger partial charge in [-0.25, -0.2) is 15.0 Å². The van der Waals surface area contributed by atoms with Gasteiger partial charge in [0.25, 0.3) is 0 Å². The van der Waals surface area contributed by atoms with Crippen molar-refractivity contribution in [2.75, 3.05) is 18.9 Å². The smallest absolute Gasteiger partial charge is 0.237 e. The second-order valence-electron chi connectivity index (χ2n) is 6.91. The maximum atomic E-state index is 12.5. The highest BCUT2D eigenvalue weighted by atomic mass is 16.5. The fraction of sp³-hybridized carbons (Fsp3) is 0.562. The molecule has 2 aromatic heterocycles. The number of rotatable bonds is 8. The molecule has 1 saturated heterocycles. The van der Waals surface area contributed by atoms with E-state index in [1.165, 1.54) is 17.2 Å². The first kappa shape index (κ1) is 21.6. The van der Waals surface area contributed by atoms with Gasteiger partial charge in [0.2, 0.25) is 5.91 Å². The molecule has 14 heteroatoms. The normalized spacial score (nSPS) is 24.6. The zero-order chi connectivity index (χ0) is 21.8. The lowest BCUT2D eigenvalue weighted by atomic mass is 10.1. The van der Waals surface area contributed by atoms with Gasteiger partial charge >= 0.3 is 0 Å². The summed E-state index contributed by atoms with van der Waals surface area (Å²) in [5, 5.41) is 23.1. The zero-order valence-electron chi connectivity index (χ0n) is 16.1. The van der Waals surface area contributed by atoms with Gasteiger partial charge in [0.15, 0.2) is 23.7 Å². The van der Waals surface area contributed by atoms with E-state index in [0.29, 0.717) is 30.6 Å². The van der Waals surface area contributed by atoms with Crippen LogP contribution in [0.2, 0.25) is 0 Å². The maximum absolute atomic E-state index is 12.5. The molecule has 0 saturated carbocycles. The van der Waals surface area contributed by atoms with Crippen LogP contribution < -0.4 is 28.3 Å². The quantitative estimate of drug-likeness (QED) is 0.125. The number of hydrogen-bond acceptors (Lipinski definition) is 10. The lowest BCUT2D eigenvalue weighted by Crippen LogP contribution is -2.53. The number of aromatic nitrogens is 4. The van der Waals surface area contributed by atoms with Gasteiger partial charge in [0, 0.05) is 6.54 Å². The molecule has 30 heavy (non-hydrogen) atoms. The number of ether oxygens (including phenoxy) is 1. The summed E-state index contributed by atoms with van der Waals surface area (Å²) in [7, 11) is 0. The number of nitrogens with two attached hydrogens (primary N) is 4. The van der Waals surface area contributed by atoms with Crippen LogP contribution in [0.1, 0.15) is 19.1 Å². The molecule has 0 aromatic carbocycles. The van der Waals surface area contributed by atoms with Crippen LogP contribution in [0, 0.1) is 0 Å². The Labute approximate surface area is 171 Å². The van der Waals surface area contributed by atoms with Crippen LogP contribution in [0.25, 0.3) is 11.2 Å². The molecule has 2 aromatic rings. The van der Waals surface area contributed by atoms with Crippen molar-refractivity contribution in [3.8, 4) is 0 Å². The van der Waals surface area contributed by atoms with Crippen LogP contribution in [0.5, 0.6) is 0 Å². The van der Waals surface area contributed by atoms with Gasteiger partial charge < -0.3 is 43.2 Å². The number of hydrogen-bond donors (Lipinski definition) is 7. The Kier molecular flexibility index (Phi) is 6.61. The van der Waals surface area contributed by atoms with Gasteiger partial charge in [-0.05, 0) is 12.8 Å². The van der Waals surface area contributed by atoms with Gasteiger partial charge in [-0.1, -0.05) is 0 Å². The Morgan fingerprint density at radius 2 is 2.13 bits per heavy atom. The Balaban J connectivity index is 1.69. The Bertz CT molecular complexity index is 915. The van der Waals surface area contributed by atoms with E-state index in [2.05, 4.69) is 25.3 Å². The monoisotopic (exact) mass is 422 g/mol. The molecule has 0 bridgehead atoms. The third-order valence-corrected chi connectivity index (χ3v) is 4.83. The number of aliphatic imine (C=N–C) groups is 1. The lowest BCUT2D eigenvalue weighted by Gasteiger charge is -2.22. The van der Waals surface area contributed by atoms with Crippen molar-refractivity contribution in [1.29, 1.82) is 0 Å². The summed E-state index contributed by atoms with van der Waals surface area (Å²) in [6, 6.07) is -1.74. The number of guanidine groups is 1. The summed E-state index contributed by atoms with van der Waals surface area (Å²) in [6.07, 6.45) is 0.489. The Morgan fingerprint density at radius 3 is 2.83 bits per heavy atom. The van der Waals surface area contributed by atoms with E-state index < -0.39 is 43.0 Å². The van der Waals surface area contributed by atoms with E-state index in [1.807, 2.05) is 0 Å². The number of fused-ring (bicyclic) bond motifs is 1. The number of aliphatic hydroxyl groups excluding tert-OH is 2. The van der Waals surface area contributed by atoms with Crippen molar-refractivity contribution < 1.29 is 19.7 Å². The maximum Gasteiger partial charge on any atom is 0.237 e. The number of nitrogens with zero attached hydrogens (tertiary/aromatic N) is 5. The average Bonchev–Trinajstić information content (AvgIpc) is 3.27. The van der Waals surface area contributed by atoms with Crippen LogP contribution in [-0.2, 0) is 9.53 Å². The number of nitrogens with one attached hydrogen (secondary N) is 1. The number of nitrogen functional groups attached to an aromatic ring is 1. The molecule has 3 heterocycles. The molecule has 11 N–H and O–H groups in total. The molecule has 1 aliphatic heterocycles. The molecule has 5 atom stereocenters. The summed E-state index contributed by atoms with van der Waals surface area (Å²) in [4.78, 5) is 28.4. The van der Waals surface area contributed by atoms with Crippen molar-refractivity contribution in [1.82, 2.24) is 24.8 Å². The van der Waals surface area contributed by atoms with Crippen molar-refractivity contribution in [2.24, 2.45) is 22.2 Å². The van der Waals surface area contributed by atoms with Crippen molar-refractivity contribution in [3.63, 3.8) is 0 Å². The first-order valence-electron chi connectivity index (χ1n) is 9.32. The van der Waals surface area contributed by atoms with E-state index in [-0.39, 0.29) is 11.8 Å². The largest absolute Gasteiger partial charge is 0.394 e. The van der Waals surface area contributed by atoms with Gasteiger partial charge in [0.1, 0.15) is 24.1 Å². The molecular weight excluding hydrogens is 396 g/mol. The highest BCUT2D eigenvalue weighted by Gasteiger charge is 2.46. The van der Waals surface area contributed by atoms with Crippen LogP contribution in [0.4, 0.5) is 5.82 Å². The van der Waals surface area contributed by atoms with Crippen molar-refractivity contribution in [2.45, 2.75) is 43.4 Å². The summed E-state index contributed by atoms with van der Waals surface area (Å²) in [5.74, 6) is -0.342. The molecule has 0 spiro atoms. The lowest BCUT2D eigenvalue weighted by molar-refractivity contribution is -0.124. The van der Waals surface area contributed by atoms with Gasteiger partial charge in [-0.15, -0.1) is 0 Å². The van der Waals surface area contributed by atoms with E-state index in [0.717, 1.165) is 0 Å². The minimum atomic E-state index is -1.20. The number of imidazole rings is 1. The topological polar surface area (TPSA) is 239 Å². The molecule has 164 valence electrons. The molecule has 1 aliphatic rings. The number of carbonyl (C=O) groups excluding carboxylic acids is 1. The number of aliphatic hydroxyl groups is 2. The molecule has 14 nitrogen and oxygen atoms in total. The van der Waals surface area contributed by atoms with Gasteiger partial charge in [-0.2, -0.15) is 0 Å². The summed E-state index contributed by atoms with van der Waals surface area (Å²) in [5.41, 5.74) is 22.9. The van der Waals surface area contributed by atoms with E-state index in [4.69, 9.17) is 27.7 Å². The first-order chi connectivity index (χ1) is 14.3. The second-order valence-corrected chi connectivity index (χ2v) is 6.91. The minimum absolute atomic E-state index is 0.0323. The molecule has 1 amide bonds. The summed E-state index contributed by atoms with van der Waals surface area (Å²) in [6.45, 7) is -0.0828. The molecule has 1 fully saturated rings. The number of carbonyl (C=O) groups is 1. The molecule has 5 unspecified atom stereocenters. The third-order valence-electron chi connectivity index (χ3n) is 4.83. The predicted molar refractivity (Wildman–Crippen MR) is 107 cm³/mol. The fourth-order valence-electron chi connectivity index (χ4n) is 3.28. The highest BCUT2D eigenvalue weighted by Crippen LogP contribution is 2.31. The van der Waals surface area contributed by atoms with E-state index in [9.17, 15) is 15.0 Å². The first-order valence-corrected chi connectivity index (χ1v) is 9.32. The molecule has 3 rings (SSSR count). The van der Waals surface area contributed by atoms with E-state index in [1.54, 1.807) is 0 Å². The van der Waals surface area contributed by atoms with Gasteiger partial charge in [0.05, 0.1) is 25.0 Å².